The van der Waals surface area contributed by atoms with Gasteiger partial charge in [-0.3, -0.25) is 14.4 Å². The molecule has 0 heterocycles. The summed E-state index contributed by atoms with van der Waals surface area (Å²) in [5.41, 5.74) is 6.49. The van der Waals surface area contributed by atoms with E-state index in [1.165, 1.54) is 38.5 Å². The molecule has 0 aliphatic rings. The standard InChI is InChI=1S/C21H20O6.C5H11NO2/c1-26-20-11-14(5-9-18(20)24)3-7-16(22)13-17(23)8-4-15-6-10-19(25)21(12-15)27-2;1-3(2)4(6)5(7)8/h3-12,24-25H,13H2,1-2H3;3-4H,6H2,1-2H3,(H,7,8)/b7-3+,8-4+;. The van der Waals surface area contributed by atoms with Crippen LogP contribution in [0.4, 0.5) is 0 Å². The molecule has 0 amide bonds. The third-order valence-electron chi connectivity index (χ3n) is 4.68. The monoisotopic (exact) mass is 485 g/mol. The Labute approximate surface area is 204 Å². The molecule has 0 aliphatic heterocycles. The molecule has 0 saturated heterocycles. The van der Waals surface area contributed by atoms with Crippen LogP contribution >= 0.6 is 0 Å². The lowest BCUT2D eigenvalue weighted by Gasteiger charge is -2.07. The zero-order chi connectivity index (χ0) is 26.5. The van der Waals surface area contributed by atoms with E-state index in [-0.39, 0.29) is 35.4 Å². The molecule has 0 radical (unpaired) electrons. The summed E-state index contributed by atoms with van der Waals surface area (Å²) in [7, 11) is 2.87. The second kappa shape index (κ2) is 14.2. The summed E-state index contributed by atoms with van der Waals surface area (Å²) < 4.78 is 10.00. The molecule has 9 nitrogen and oxygen atoms in total. The maximum atomic E-state index is 11.9. The molecule has 2 rings (SSSR count). The van der Waals surface area contributed by atoms with Crippen LogP contribution < -0.4 is 15.2 Å². The quantitative estimate of drug-likeness (QED) is 0.292. The first-order valence-corrected chi connectivity index (χ1v) is 10.6. The second-order valence-corrected chi connectivity index (χ2v) is 7.75. The third kappa shape index (κ3) is 10.1. The summed E-state index contributed by atoms with van der Waals surface area (Å²) in [6.07, 6.45) is 5.44. The number of rotatable bonds is 10. The first kappa shape index (κ1) is 28.9. The molecule has 1 unspecified atom stereocenters. The molecular formula is C26H31NO8. The molecule has 2 aromatic rings. The van der Waals surface area contributed by atoms with E-state index in [0.29, 0.717) is 22.6 Å². The van der Waals surface area contributed by atoms with Crippen molar-refractivity contribution in [1.29, 1.82) is 0 Å². The Bertz CT molecular complexity index is 1020. The average molecular weight is 486 g/mol. The first-order chi connectivity index (χ1) is 16.5. The number of aliphatic carboxylic acids is 1. The molecule has 5 N–H and O–H groups in total. The molecule has 0 fully saturated rings. The van der Waals surface area contributed by atoms with Crippen molar-refractivity contribution in [2.75, 3.05) is 14.2 Å². The van der Waals surface area contributed by atoms with E-state index >= 15 is 0 Å². The predicted octanol–water partition coefficient (Wildman–Crippen LogP) is 3.42. The molecule has 35 heavy (non-hydrogen) atoms. The number of phenolic OH excluding ortho intramolecular Hbond substituents is 2. The van der Waals surface area contributed by atoms with Gasteiger partial charge in [0.05, 0.1) is 20.6 Å². The number of carbonyl (C=O) groups is 3. The van der Waals surface area contributed by atoms with Crippen LogP contribution in [0, 0.1) is 5.92 Å². The highest BCUT2D eigenvalue weighted by Gasteiger charge is 2.14. The van der Waals surface area contributed by atoms with Crippen LogP contribution in [0.15, 0.2) is 48.6 Å². The van der Waals surface area contributed by atoms with Gasteiger partial charge in [0.25, 0.3) is 0 Å². The molecule has 0 aliphatic carbocycles. The Balaban J connectivity index is 0.000000658. The number of carboxylic acid groups (broad SMARTS) is 1. The summed E-state index contributed by atoms with van der Waals surface area (Å²) in [6, 6.07) is 8.63. The number of methoxy groups -OCH3 is 2. The Morgan fingerprint density at radius 1 is 0.857 bits per heavy atom. The van der Waals surface area contributed by atoms with Crippen LogP contribution in [-0.2, 0) is 14.4 Å². The number of hydrogen-bond donors (Lipinski definition) is 4. The Hall–Kier alpha value is -4.11. The van der Waals surface area contributed by atoms with Gasteiger partial charge >= 0.3 is 5.97 Å². The van der Waals surface area contributed by atoms with E-state index in [9.17, 15) is 24.6 Å². The number of allylic oxidation sites excluding steroid dienone is 2. The third-order valence-corrected chi connectivity index (χ3v) is 4.68. The zero-order valence-corrected chi connectivity index (χ0v) is 20.1. The van der Waals surface area contributed by atoms with Gasteiger partial charge in [0.15, 0.2) is 34.6 Å². The normalized spacial score (nSPS) is 11.7. The summed E-state index contributed by atoms with van der Waals surface area (Å²) in [4.78, 5) is 33.9. The number of aromatic hydroxyl groups is 2. The number of carboxylic acids is 1. The molecule has 188 valence electrons. The fraction of sp³-hybridized carbons (Fsp3) is 0.269. The fourth-order valence-electron chi connectivity index (χ4n) is 2.55. The molecule has 9 heteroatoms. The molecule has 0 saturated carbocycles. The van der Waals surface area contributed by atoms with E-state index in [0.717, 1.165) is 0 Å². The van der Waals surface area contributed by atoms with Crippen molar-refractivity contribution in [2.45, 2.75) is 26.3 Å². The summed E-state index contributed by atoms with van der Waals surface area (Å²) in [6.45, 7) is 3.55. The number of nitrogens with two attached hydrogens (primary N) is 1. The van der Waals surface area contributed by atoms with E-state index < -0.39 is 12.0 Å². The van der Waals surface area contributed by atoms with E-state index in [4.69, 9.17) is 20.3 Å². The number of carbonyl (C=O) groups excluding carboxylic acids is 2. The second-order valence-electron chi connectivity index (χ2n) is 7.75. The number of ether oxygens (including phenoxy) is 2. The van der Waals surface area contributed by atoms with Gasteiger partial charge in [-0.25, -0.2) is 0 Å². The highest BCUT2D eigenvalue weighted by atomic mass is 16.5. The molecular weight excluding hydrogens is 454 g/mol. The smallest absolute Gasteiger partial charge is 0.320 e. The van der Waals surface area contributed by atoms with Gasteiger partial charge in [-0.1, -0.05) is 38.1 Å². The van der Waals surface area contributed by atoms with Gasteiger partial charge in [0, 0.05) is 0 Å². The summed E-state index contributed by atoms with van der Waals surface area (Å²) >= 11 is 0. The van der Waals surface area contributed by atoms with Crippen LogP contribution in [-0.4, -0.2) is 53.1 Å². The lowest BCUT2D eigenvalue weighted by Crippen LogP contribution is -2.34. The van der Waals surface area contributed by atoms with Gasteiger partial charge in [0.1, 0.15) is 6.04 Å². The first-order valence-electron chi connectivity index (χ1n) is 10.6. The maximum absolute atomic E-state index is 11.9. The zero-order valence-electron chi connectivity index (χ0n) is 20.1. The topological polar surface area (TPSA) is 156 Å². The SMILES string of the molecule is CC(C)C(N)C(=O)O.COc1cc(/C=C/C(=O)CC(=O)/C=C/c2ccc(O)c(OC)c2)ccc1O. The highest BCUT2D eigenvalue weighted by molar-refractivity contribution is 6.10. The van der Waals surface area contributed by atoms with Crippen molar-refractivity contribution in [2.24, 2.45) is 11.7 Å². The van der Waals surface area contributed by atoms with Crippen LogP contribution in [0.1, 0.15) is 31.4 Å². The van der Waals surface area contributed by atoms with Gasteiger partial charge in [-0.15, -0.1) is 0 Å². The van der Waals surface area contributed by atoms with Crippen molar-refractivity contribution in [3.8, 4) is 23.0 Å². The summed E-state index contributed by atoms with van der Waals surface area (Å²) in [5.74, 6) is -0.993. The van der Waals surface area contributed by atoms with E-state index in [1.54, 1.807) is 50.3 Å². The van der Waals surface area contributed by atoms with Crippen LogP contribution in [0.25, 0.3) is 12.2 Å². The van der Waals surface area contributed by atoms with E-state index in [2.05, 4.69) is 0 Å². The van der Waals surface area contributed by atoms with Crippen molar-refractivity contribution >= 4 is 29.7 Å². The Morgan fingerprint density at radius 2 is 1.26 bits per heavy atom. The van der Waals surface area contributed by atoms with Crippen molar-refractivity contribution in [3.63, 3.8) is 0 Å². The Morgan fingerprint density at radius 3 is 1.54 bits per heavy atom. The van der Waals surface area contributed by atoms with Crippen molar-refractivity contribution in [3.05, 3.63) is 59.7 Å². The number of hydrogen-bond acceptors (Lipinski definition) is 8. The average Bonchev–Trinajstić information content (AvgIpc) is 2.82. The van der Waals surface area contributed by atoms with Gasteiger partial charge in [-0.2, -0.15) is 0 Å². The van der Waals surface area contributed by atoms with Gasteiger partial charge in [-0.05, 0) is 53.5 Å². The van der Waals surface area contributed by atoms with E-state index in [1.807, 2.05) is 0 Å². The lowest BCUT2D eigenvalue weighted by molar-refractivity contribution is -0.139. The van der Waals surface area contributed by atoms with Crippen LogP contribution in [0.5, 0.6) is 23.0 Å². The molecule has 2 aromatic carbocycles. The minimum absolute atomic E-state index is 0.00662. The minimum atomic E-state index is -0.931. The van der Waals surface area contributed by atoms with Gasteiger partial charge in [0.2, 0.25) is 0 Å². The van der Waals surface area contributed by atoms with Crippen LogP contribution in [0.2, 0.25) is 0 Å². The minimum Gasteiger partial charge on any atom is -0.504 e. The number of phenols is 2. The largest absolute Gasteiger partial charge is 0.504 e. The van der Waals surface area contributed by atoms with Gasteiger partial charge < -0.3 is 30.5 Å². The number of ketones is 2. The highest BCUT2D eigenvalue weighted by Crippen LogP contribution is 2.27. The Kier molecular flexibility index (Phi) is 11.7. The maximum Gasteiger partial charge on any atom is 0.320 e. The molecule has 0 aromatic heterocycles. The lowest BCUT2D eigenvalue weighted by atomic mass is 10.1. The number of benzene rings is 2. The fourth-order valence-corrected chi connectivity index (χ4v) is 2.55. The molecule has 1 atom stereocenters. The molecule has 0 spiro atoms. The van der Waals surface area contributed by atoms with Crippen molar-refractivity contribution in [1.82, 2.24) is 0 Å². The molecule has 0 bridgehead atoms. The van der Waals surface area contributed by atoms with Crippen molar-refractivity contribution < 1.29 is 39.2 Å². The summed E-state index contributed by atoms with van der Waals surface area (Å²) in [5, 5.41) is 27.3. The van der Waals surface area contributed by atoms with Crippen LogP contribution in [0.3, 0.4) is 0 Å². The predicted molar refractivity (Wildman–Crippen MR) is 132 cm³/mol.